The Morgan fingerprint density at radius 1 is 1.04 bits per heavy atom. The fraction of sp³-hybridized carbons (Fsp3) is 0.257. The van der Waals surface area contributed by atoms with Crippen LogP contribution < -0.4 is 26.0 Å². The minimum absolute atomic E-state index is 0.0137. The summed E-state index contributed by atoms with van der Waals surface area (Å²) in [7, 11) is 1.01. The number of benzene rings is 3. The number of carbonyl (C=O) groups is 2. The molecule has 0 fully saturated rings. The Hall–Kier alpha value is -5.54. The van der Waals surface area contributed by atoms with Gasteiger partial charge in [0.1, 0.15) is 17.4 Å². The van der Waals surface area contributed by atoms with Crippen LogP contribution in [0.1, 0.15) is 33.5 Å². The van der Waals surface area contributed by atoms with Crippen LogP contribution in [0.5, 0.6) is 5.75 Å². The second-order valence-corrected chi connectivity index (χ2v) is 14.2. The lowest BCUT2D eigenvalue weighted by Gasteiger charge is -2.31. The Kier molecular flexibility index (Phi) is 9.20. The molecule has 0 spiro atoms. The summed E-state index contributed by atoms with van der Waals surface area (Å²) in [6.07, 6.45) is 2.96. The van der Waals surface area contributed by atoms with Gasteiger partial charge in [-0.3, -0.25) is 9.59 Å². The van der Waals surface area contributed by atoms with Crippen LogP contribution in [0.15, 0.2) is 65.7 Å². The van der Waals surface area contributed by atoms with Crippen molar-refractivity contribution in [3.63, 3.8) is 0 Å². The number of amides is 2. The van der Waals surface area contributed by atoms with Gasteiger partial charge in [0.25, 0.3) is 15.9 Å². The molecule has 0 saturated carbocycles. The van der Waals surface area contributed by atoms with E-state index < -0.39 is 27.3 Å². The zero-order valence-corrected chi connectivity index (χ0v) is 29.1. The summed E-state index contributed by atoms with van der Waals surface area (Å²) in [4.78, 5) is 38.4. The lowest BCUT2D eigenvalue weighted by molar-refractivity contribution is -0.119. The lowest BCUT2D eigenvalue weighted by Crippen LogP contribution is -2.40. The number of fused-ring (bicyclic) bond motifs is 2. The first kappa shape index (κ1) is 34.3. The molecule has 1 aliphatic heterocycles. The molecule has 0 unspecified atom stereocenters. The molecule has 2 aromatic heterocycles. The Balaban J connectivity index is 1.54. The van der Waals surface area contributed by atoms with Gasteiger partial charge in [-0.25, -0.2) is 16.8 Å². The maximum Gasteiger partial charge on any atom is 0.269 e. The number of likely N-dealkylation sites (N-methyl/N-ethyl adjacent to an activating group) is 1. The summed E-state index contributed by atoms with van der Waals surface area (Å²) in [6.45, 7) is 4.31. The maximum absolute atomic E-state index is 14.8. The number of primary amides is 1. The van der Waals surface area contributed by atoms with Crippen LogP contribution in [-0.2, 0) is 21.2 Å². The van der Waals surface area contributed by atoms with Gasteiger partial charge >= 0.3 is 0 Å². The number of halogens is 1. The number of ether oxygens (including phenoxy) is 1. The highest BCUT2D eigenvalue weighted by Gasteiger charge is 2.28. The quantitative estimate of drug-likeness (QED) is 0.183. The molecule has 2 amide bonds. The van der Waals surface area contributed by atoms with Crippen LogP contribution in [-0.4, -0.2) is 73.4 Å². The number of carbonyl (C=O) groups excluding carboxylic acids is 2. The Morgan fingerprint density at radius 2 is 1.78 bits per heavy atom. The molecule has 0 atom stereocenters. The molecule has 6 rings (SSSR count). The van der Waals surface area contributed by atoms with E-state index in [-0.39, 0.29) is 40.4 Å². The Bertz CT molecular complexity index is 2250. The molecule has 3 heterocycles. The second kappa shape index (κ2) is 13.4. The first-order valence-corrected chi connectivity index (χ1v) is 17.2. The van der Waals surface area contributed by atoms with Gasteiger partial charge in [0.2, 0.25) is 11.9 Å². The number of rotatable bonds is 10. The summed E-state index contributed by atoms with van der Waals surface area (Å²) in [5, 5.41) is 6.48. The van der Waals surface area contributed by atoms with Crippen LogP contribution in [0.3, 0.4) is 0 Å². The molecule has 5 aromatic rings. The number of aryl methyl sites for hydroxylation is 3. The predicted molar refractivity (Wildman–Crippen MR) is 190 cm³/mol. The molecule has 13 nitrogen and oxygen atoms in total. The number of anilines is 5. The minimum atomic E-state index is -4.16. The summed E-state index contributed by atoms with van der Waals surface area (Å²) in [5.41, 5.74) is 8.62. The summed E-state index contributed by atoms with van der Waals surface area (Å²) in [5.74, 6) is -1.42. The van der Waals surface area contributed by atoms with Gasteiger partial charge < -0.3 is 30.9 Å². The average molecular weight is 701 g/mol. The zero-order chi connectivity index (χ0) is 35.9. The Morgan fingerprint density at radius 3 is 2.46 bits per heavy atom. The topological polar surface area (TPSA) is 165 Å². The van der Waals surface area contributed by atoms with E-state index in [1.165, 1.54) is 37.6 Å². The van der Waals surface area contributed by atoms with Gasteiger partial charge in [-0.1, -0.05) is 23.8 Å². The van der Waals surface area contributed by atoms with Crippen molar-refractivity contribution in [2.75, 3.05) is 49.8 Å². The minimum Gasteiger partial charge on any atom is -0.495 e. The lowest BCUT2D eigenvalue weighted by atomic mass is 10.00. The number of nitrogens with one attached hydrogen (secondary N) is 2. The molecule has 0 aliphatic carbocycles. The van der Waals surface area contributed by atoms with Gasteiger partial charge in [-0.15, -0.1) is 0 Å². The van der Waals surface area contributed by atoms with Crippen molar-refractivity contribution in [2.24, 2.45) is 5.73 Å². The first-order chi connectivity index (χ1) is 23.8. The molecular formula is C35H37FN8O5S. The van der Waals surface area contributed by atoms with Gasteiger partial charge in [0.15, 0.2) is 5.65 Å². The van der Waals surface area contributed by atoms with Crippen molar-refractivity contribution in [3.05, 3.63) is 88.9 Å². The van der Waals surface area contributed by atoms with Crippen molar-refractivity contribution >= 4 is 61.7 Å². The predicted octanol–water partition coefficient (Wildman–Crippen LogP) is 4.86. The fourth-order valence-electron chi connectivity index (χ4n) is 6.04. The highest BCUT2D eigenvalue weighted by Crippen LogP contribution is 2.39. The van der Waals surface area contributed by atoms with Crippen LogP contribution in [0.4, 0.5) is 33.2 Å². The van der Waals surface area contributed by atoms with E-state index >= 15 is 0 Å². The number of nitrogens with zero attached hydrogens (tertiary/aromatic N) is 5. The van der Waals surface area contributed by atoms with E-state index in [2.05, 4.69) is 20.6 Å². The van der Waals surface area contributed by atoms with Crippen molar-refractivity contribution in [1.82, 2.24) is 18.8 Å². The van der Waals surface area contributed by atoms with Crippen molar-refractivity contribution in [1.29, 1.82) is 0 Å². The summed E-state index contributed by atoms with van der Waals surface area (Å²) in [6, 6.07) is 14.0. The second-order valence-electron chi connectivity index (χ2n) is 12.4. The van der Waals surface area contributed by atoms with Gasteiger partial charge in [-0.2, -0.15) is 9.97 Å². The molecule has 260 valence electrons. The highest BCUT2D eigenvalue weighted by molar-refractivity contribution is 7.90. The van der Waals surface area contributed by atoms with Gasteiger partial charge in [0.05, 0.1) is 40.9 Å². The standard InChI is InChI=1S/C35H37FN8O5S/c1-20-11-13-23(14-12-20)50(47,48)44-18-21(2)30-33(38-25-10-6-9-24(36)31(25)32(37)46)40-35(41-34(30)44)39-26-17-27-22(16-28(26)49-5)8-7-15-43(27)29(45)19-42(3)4/h6,9-14,16-18H,7-8,15,19H2,1-5H3,(H2,37,46)(H2,38,39,40,41). The Labute approximate surface area is 288 Å². The molecular weight excluding hydrogens is 664 g/mol. The highest BCUT2D eigenvalue weighted by atomic mass is 32.2. The van der Waals surface area contributed by atoms with Gasteiger partial charge in [0, 0.05) is 18.4 Å². The van der Waals surface area contributed by atoms with Crippen molar-refractivity contribution in [3.8, 4) is 5.75 Å². The third-order valence-corrected chi connectivity index (χ3v) is 10.1. The summed E-state index contributed by atoms with van der Waals surface area (Å²) < 4.78 is 49.6. The third kappa shape index (κ3) is 6.44. The molecule has 0 saturated heterocycles. The van der Waals surface area contributed by atoms with E-state index in [4.69, 9.17) is 10.5 Å². The third-order valence-electron chi connectivity index (χ3n) is 8.41. The van der Waals surface area contributed by atoms with E-state index in [1.54, 1.807) is 34.9 Å². The van der Waals surface area contributed by atoms with Crippen molar-refractivity contribution in [2.45, 2.75) is 31.6 Å². The molecule has 3 aromatic carbocycles. The van der Waals surface area contributed by atoms with E-state index in [0.29, 0.717) is 34.6 Å². The fourth-order valence-corrected chi connectivity index (χ4v) is 7.41. The number of aromatic nitrogens is 3. The molecule has 15 heteroatoms. The SMILES string of the molecule is COc1cc2c(cc1Nc1nc(Nc3cccc(F)c3C(N)=O)c3c(C)cn(S(=O)(=O)c4ccc(C)cc4)c3n1)N(C(=O)CN(C)C)CCC2. The number of hydrogen-bond acceptors (Lipinski definition) is 10. The van der Waals surface area contributed by atoms with E-state index in [0.717, 1.165) is 34.0 Å². The molecule has 1 aliphatic rings. The zero-order valence-electron chi connectivity index (χ0n) is 28.2. The monoisotopic (exact) mass is 700 g/mol. The average Bonchev–Trinajstić information content (AvgIpc) is 3.40. The van der Waals surface area contributed by atoms with Crippen molar-refractivity contribution < 1.29 is 27.1 Å². The van der Waals surface area contributed by atoms with Crippen LogP contribution in [0.25, 0.3) is 11.0 Å². The molecule has 0 radical (unpaired) electrons. The molecule has 0 bridgehead atoms. The van der Waals surface area contributed by atoms with Gasteiger partial charge in [-0.05, 0) is 88.3 Å². The number of methoxy groups -OCH3 is 1. The molecule has 50 heavy (non-hydrogen) atoms. The normalized spacial score (nSPS) is 13.0. The summed E-state index contributed by atoms with van der Waals surface area (Å²) >= 11 is 0. The first-order valence-electron chi connectivity index (χ1n) is 15.8. The van der Waals surface area contributed by atoms with Crippen LogP contribution in [0.2, 0.25) is 0 Å². The largest absolute Gasteiger partial charge is 0.495 e. The molecule has 4 N–H and O–H groups in total. The van der Waals surface area contributed by atoms with Crippen LogP contribution in [0, 0.1) is 19.7 Å². The van der Waals surface area contributed by atoms with E-state index in [9.17, 15) is 22.4 Å². The maximum atomic E-state index is 14.8. The van der Waals surface area contributed by atoms with E-state index in [1.807, 2.05) is 27.1 Å². The smallest absolute Gasteiger partial charge is 0.269 e. The number of hydrogen-bond donors (Lipinski definition) is 3. The van der Waals surface area contributed by atoms with Crippen LogP contribution >= 0.6 is 0 Å². The number of nitrogens with two attached hydrogens (primary N) is 1.